The molecule has 4 rings (SSSR count). The van der Waals surface area contributed by atoms with E-state index in [1.54, 1.807) is 66.5 Å². The Morgan fingerprint density at radius 2 is 1.97 bits per heavy atom. The molecule has 1 N–H and O–H groups in total. The van der Waals surface area contributed by atoms with E-state index in [4.69, 9.17) is 4.74 Å². The first-order valence-corrected chi connectivity index (χ1v) is 12.2. The van der Waals surface area contributed by atoms with Crippen molar-refractivity contribution in [2.45, 2.75) is 32.4 Å². The molecule has 1 aliphatic heterocycles. The van der Waals surface area contributed by atoms with Gasteiger partial charge >= 0.3 is 0 Å². The van der Waals surface area contributed by atoms with Gasteiger partial charge in [-0.15, -0.1) is 0 Å². The van der Waals surface area contributed by atoms with Crippen molar-refractivity contribution in [1.29, 1.82) is 0 Å². The molecule has 0 spiro atoms. The van der Waals surface area contributed by atoms with Crippen LogP contribution in [0.3, 0.4) is 0 Å². The van der Waals surface area contributed by atoms with Gasteiger partial charge < -0.3 is 19.6 Å². The summed E-state index contributed by atoms with van der Waals surface area (Å²) in [6.07, 6.45) is 2.94. The smallest absolute Gasteiger partial charge is 0.259 e. The molecule has 3 heterocycles. The maximum Gasteiger partial charge on any atom is 0.259 e. The fourth-order valence-electron chi connectivity index (χ4n) is 4.28. The third kappa shape index (κ3) is 6.11. The summed E-state index contributed by atoms with van der Waals surface area (Å²) in [4.78, 5) is 38.4. The van der Waals surface area contributed by atoms with Crippen LogP contribution in [-0.4, -0.2) is 75.6 Å². The van der Waals surface area contributed by atoms with E-state index in [9.17, 15) is 19.1 Å². The molecule has 9 heteroatoms. The van der Waals surface area contributed by atoms with Crippen LogP contribution in [0.2, 0.25) is 0 Å². The number of aliphatic hydroxyl groups excluding tert-OH is 1. The maximum absolute atomic E-state index is 13.6. The number of aromatic nitrogens is 2. The van der Waals surface area contributed by atoms with Crippen molar-refractivity contribution in [3.8, 4) is 17.0 Å². The van der Waals surface area contributed by atoms with Gasteiger partial charge in [0.05, 0.1) is 25.6 Å². The molecule has 37 heavy (non-hydrogen) atoms. The number of benzene rings is 1. The summed E-state index contributed by atoms with van der Waals surface area (Å²) < 4.78 is 19.7. The molecule has 3 aromatic rings. The molecule has 1 aromatic carbocycles. The normalized spacial score (nSPS) is 18.3. The van der Waals surface area contributed by atoms with E-state index in [-0.39, 0.29) is 54.6 Å². The third-order valence-corrected chi connectivity index (χ3v) is 6.64. The lowest BCUT2D eigenvalue weighted by Gasteiger charge is -2.37. The van der Waals surface area contributed by atoms with Gasteiger partial charge in [0.2, 0.25) is 11.8 Å². The summed E-state index contributed by atoms with van der Waals surface area (Å²) in [6, 6.07) is 12.6. The van der Waals surface area contributed by atoms with Gasteiger partial charge in [-0.2, -0.15) is 0 Å². The highest BCUT2D eigenvalue weighted by molar-refractivity contribution is 5.98. The number of ether oxygens (including phenoxy) is 1. The van der Waals surface area contributed by atoms with E-state index >= 15 is 0 Å². The Hall–Kier alpha value is -3.85. The number of fused-ring (bicyclic) bond motifs is 1. The van der Waals surface area contributed by atoms with Gasteiger partial charge in [-0.05, 0) is 42.8 Å². The summed E-state index contributed by atoms with van der Waals surface area (Å²) >= 11 is 0. The van der Waals surface area contributed by atoms with Crippen molar-refractivity contribution in [1.82, 2.24) is 19.8 Å². The standard InChI is InChI=1S/C28H31FN4O4/c1-18-15-33(19(2)17-34)28(36)24-12-21(20-7-9-22(29)10-8-20)14-31-27(24)37-25(18)16-32(3)26(35)13-23-6-4-5-11-30-23/h4-12,14,18-19,25,34H,13,15-17H2,1-3H3/t18-,19-,25+/m0/s1. The molecule has 0 saturated carbocycles. The third-order valence-electron chi connectivity index (χ3n) is 6.64. The molecule has 0 radical (unpaired) electrons. The summed E-state index contributed by atoms with van der Waals surface area (Å²) in [7, 11) is 1.71. The highest BCUT2D eigenvalue weighted by Gasteiger charge is 2.34. The van der Waals surface area contributed by atoms with Gasteiger partial charge in [-0.1, -0.05) is 25.1 Å². The number of aliphatic hydroxyl groups is 1. The van der Waals surface area contributed by atoms with Crippen LogP contribution in [0.15, 0.2) is 60.9 Å². The lowest BCUT2D eigenvalue weighted by molar-refractivity contribution is -0.130. The number of halogens is 1. The Balaban J connectivity index is 1.63. The molecule has 194 valence electrons. The van der Waals surface area contributed by atoms with Crippen molar-refractivity contribution in [2.24, 2.45) is 5.92 Å². The average Bonchev–Trinajstić information content (AvgIpc) is 2.91. The molecule has 8 nitrogen and oxygen atoms in total. The van der Waals surface area contributed by atoms with Gasteiger partial charge in [0, 0.05) is 43.2 Å². The Morgan fingerprint density at radius 3 is 2.65 bits per heavy atom. The number of rotatable bonds is 7. The van der Waals surface area contributed by atoms with Crippen molar-refractivity contribution >= 4 is 11.8 Å². The van der Waals surface area contributed by atoms with Gasteiger partial charge in [0.25, 0.3) is 5.91 Å². The van der Waals surface area contributed by atoms with Crippen LogP contribution < -0.4 is 4.74 Å². The van der Waals surface area contributed by atoms with Crippen LogP contribution in [0, 0.1) is 11.7 Å². The molecular weight excluding hydrogens is 475 g/mol. The molecule has 0 fully saturated rings. The second-order valence-corrected chi connectivity index (χ2v) is 9.48. The highest BCUT2D eigenvalue weighted by atomic mass is 19.1. The lowest BCUT2D eigenvalue weighted by atomic mass is 9.99. The summed E-state index contributed by atoms with van der Waals surface area (Å²) in [5, 5.41) is 9.85. The average molecular weight is 507 g/mol. The van der Waals surface area contributed by atoms with Crippen LogP contribution in [0.1, 0.15) is 29.9 Å². The first-order chi connectivity index (χ1) is 17.8. The van der Waals surface area contributed by atoms with E-state index < -0.39 is 12.1 Å². The number of nitrogens with zero attached hydrogens (tertiary/aromatic N) is 4. The monoisotopic (exact) mass is 506 g/mol. The summed E-state index contributed by atoms with van der Waals surface area (Å²) in [5.41, 5.74) is 2.28. The number of carbonyl (C=O) groups excluding carboxylic acids is 2. The SMILES string of the molecule is C[C@H]1CN([C@@H](C)CO)C(=O)c2cc(-c3ccc(F)cc3)cnc2O[C@@H]1CN(C)C(=O)Cc1ccccn1. The second kappa shape index (κ2) is 11.5. The van der Waals surface area contributed by atoms with Crippen molar-refractivity contribution < 1.29 is 23.8 Å². The molecule has 2 amide bonds. The van der Waals surface area contributed by atoms with Gasteiger partial charge in [-0.25, -0.2) is 9.37 Å². The van der Waals surface area contributed by atoms with Crippen molar-refractivity contribution in [2.75, 3.05) is 26.7 Å². The van der Waals surface area contributed by atoms with E-state index in [0.29, 0.717) is 23.4 Å². The van der Waals surface area contributed by atoms with E-state index in [0.717, 1.165) is 0 Å². The van der Waals surface area contributed by atoms with Gasteiger partial charge in [0.1, 0.15) is 17.5 Å². The molecule has 0 bridgehead atoms. The molecule has 0 unspecified atom stereocenters. The molecular formula is C28H31FN4O4. The predicted octanol–water partition coefficient (Wildman–Crippen LogP) is 3.20. The second-order valence-electron chi connectivity index (χ2n) is 9.48. The van der Waals surface area contributed by atoms with Crippen LogP contribution in [-0.2, 0) is 11.2 Å². The number of likely N-dealkylation sites (N-methyl/N-ethyl adjacent to an activating group) is 1. The maximum atomic E-state index is 13.6. The van der Waals surface area contributed by atoms with Gasteiger partial charge in [0.15, 0.2) is 0 Å². The Labute approximate surface area is 215 Å². The number of hydrogen-bond acceptors (Lipinski definition) is 6. The van der Waals surface area contributed by atoms with E-state index in [2.05, 4.69) is 9.97 Å². The van der Waals surface area contributed by atoms with Crippen LogP contribution >= 0.6 is 0 Å². The quantitative estimate of drug-likeness (QED) is 0.529. The molecule has 3 atom stereocenters. The highest BCUT2D eigenvalue weighted by Crippen LogP contribution is 2.30. The molecule has 0 aliphatic carbocycles. The molecule has 2 aromatic heterocycles. The first kappa shape index (κ1) is 26.2. The van der Waals surface area contributed by atoms with Crippen molar-refractivity contribution in [3.05, 3.63) is 78.0 Å². The topological polar surface area (TPSA) is 95.9 Å². The molecule has 1 aliphatic rings. The summed E-state index contributed by atoms with van der Waals surface area (Å²) in [6.45, 7) is 4.13. The Kier molecular flexibility index (Phi) is 8.13. The van der Waals surface area contributed by atoms with E-state index in [1.165, 1.54) is 12.1 Å². The van der Waals surface area contributed by atoms with Crippen LogP contribution in [0.4, 0.5) is 4.39 Å². The van der Waals surface area contributed by atoms with E-state index in [1.807, 2.05) is 13.0 Å². The number of pyridine rings is 2. The fraction of sp³-hybridized carbons (Fsp3) is 0.357. The zero-order chi connectivity index (χ0) is 26.5. The fourth-order valence-corrected chi connectivity index (χ4v) is 4.28. The predicted molar refractivity (Wildman–Crippen MR) is 136 cm³/mol. The Bertz CT molecular complexity index is 1240. The van der Waals surface area contributed by atoms with Crippen molar-refractivity contribution in [3.63, 3.8) is 0 Å². The zero-order valence-corrected chi connectivity index (χ0v) is 21.2. The number of hydrogen-bond donors (Lipinski definition) is 1. The Morgan fingerprint density at radius 1 is 1.22 bits per heavy atom. The molecule has 0 saturated heterocycles. The minimum atomic E-state index is -0.456. The zero-order valence-electron chi connectivity index (χ0n) is 21.2. The number of amides is 2. The largest absolute Gasteiger partial charge is 0.472 e. The van der Waals surface area contributed by atoms with Crippen LogP contribution in [0.25, 0.3) is 11.1 Å². The number of carbonyl (C=O) groups is 2. The minimum absolute atomic E-state index is 0.104. The summed E-state index contributed by atoms with van der Waals surface area (Å²) in [5.74, 6) is -0.766. The van der Waals surface area contributed by atoms with Gasteiger partial charge in [-0.3, -0.25) is 14.6 Å². The van der Waals surface area contributed by atoms with Crippen LogP contribution in [0.5, 0.6) is 5.88 Å². The lowest BCUT2D eigenvalue weighted by Crippen LogP contribution is -2.50. The first-order valence-electron chi connectivity index (χ1n) is 12.2. The minimum Gasteiger partial charge on any atom is -0.472 e.